The van der Waals surface area contributed by atoms with E-state index < -0.39 is 4.92 Å². The van der Waals surface area contributed by atoms with Gasteiger partial charge in [-0.2, -0.15) is 0 Å². The van der Waals surface area contributed by atoms with Gasteiger partial charge in [-0.3, -0.25) is 14.7 Å². The van der Waals surface area contributed by atoms with E-state index in [2.05, 4.69) is 15.0 Å². The first-order valence-electron chi connectivity index (χ1n) is 4.68. The van der Waals surface area contributed by atoms with Crippen LogP contribution >= 0.6 is 11.6 Å². The lowest BCUT2D eigenvalue weighted by molar-refractivity contribution is -0.385. The van der Waals surface area contributed by atoms with Crippen molar-refractivity contribution in [3.63, 3.8) is 0 Å². The molecule has 0 saturated carbocycles. The fourth-order valence-corrected chi connectivity index (χ4v) is 1.59. The van der Waals surface area contributed by atoms with Gasteiger partial charge >= 0.3 is 5.69 Å². The summed E-state index contributed by atoms with van der Waals surface area (Å²) in [7, 11) is 0. The summed E-state index contributed by atoms with van der Waals surface area (Å²) in [6, 6.07) is 0. The predicted octanol–water partition coefficient (Wildman–Crippen LogP) is 1.84. The lowest BCUT2D eigenvalue weighted by Crippen LogP contribution is -2.05. The first kappa shape index (κ1) is 11.5. The van der Waals surface area contributed by atoms with Crippen molar-refractivity contribution in [2.75, 3.05) is 0 Å². The van der Waals surface area contributed by atoms with Gasteiger partial charge in [0.25, 0.3) is 0 Å². The Balaban J connectivity index is 2.72. The summed E-state index contributed by atoms with van der Waals surface area (Å²) in [5, 5.41) is 10.8. The Morgan fingerprint density at radius 1 is 1.35 bits per heavy atom. The smallest absolute Gasteiger partial charge is 0.282 e. The molecule has 0 amide bonds. The second kappa shape index (κ2) is 4.10. The summed E-state index contributed by atoms with van der Waals surface area (Å²) >= 11 is 5.71. The quantitative estimate of drug-likeness (QED) is 0.463. The van der Waals surface area contributed by atoms with E-state index in [1.165, 1.54) is 17.2 Å². The lowest BCUT2D eigenvalue weighted by atomic mass is 10.3. The third kappa shape index (κ3) is 1.84. The maximum absolute atomic E-state index is 10.9. The van der Waals surface area contributed by atoms with Crippen LogP contribution < -0.4 is 0 Å². The molecule has 0 atom stereocenters. The van der Waals surface area contributed by atoms with Crippen molar-refractivity contribution in [1.29, 1.82) is 0 Å². The minimum absolute atomic E-state index is 0.119. The third-order valence-corrected chi connectivity index (χ3v) is 2.70. The Morgan fingerprint density at radius 3 is 2.59 bits per heavy atom. The van der Waals surface area contributed by atoms with E-state index in [4.69, 9.17) is 11.6 Å². The highest BCUT2D eigenvalue weighted by Crippen LogP contribution is 2.28. The summed E-state index contributed by atoms with van der Waals surface area (Å²) in [4.78, 5) is 21.9. The number of hydrogen-bond acceptors (Lipinski definition) is 5. The van der Waals surface area contributed by atoms with E-state index in [-0.39, 0.29) is 16.7 Å². The van der Waals surface area contributed by atoms with Gasteiger partial charge in [0.15, 0.2) is 0 Å². The number of aromatic nitrogens is 4. The molecule has 0 radical (unpaired) electrons. The van der Waals surface area contributed by atoms with Gasteiger partial charge in [0.1, 0.15) is 12.7 Å². The van der Waals surface area contributed by atoms with Crippen molar-refractivity contribution in [2.45, 2.75) is 13.8 Å². The van der Waals surface area contributed by atoms with E-state index in [1.54, 1.807) is 13.8 Å². The fourth-order valence-electron chi connectivity index (χ4n) is 1.39. The molecule has 0 aliphatic carbocycles. The second-order valence-corrected chi connectivity index (χ2v) is 3.74. The monoisotopic (exact) mass is 253 g/mol. The molecule has 0 saturated heterocycles. The average molecular weight is 254 g/mol. The number of hydrogen-bond donors (Lipinski definition) is 0. The highest BCUT2D eigenvalue weighted by atomic mass is 35.5. The van der Waals surface area contributed by atoms with Crippen LogP contribution in [0.1, 0.15) is 11.4 Å². The van der Waals surface area contributed by atoms with Crippen molar-refractivity contribution in [3.8, 4) is 5.82 Å². The van der Waals surface area contributed by atoms with Crippen LogP contribution in [-0.4, -0.2) is 24.4 Å². The molecule has 8 heteroatoms. The van der Waals surface area contributed by atoms with Crippen LogP contribution in [0.5, 0.6) is 0 Å². The molecule has 88 valence electrons. The molecule has 0 fully saturated rings. The van der Waals surface area contributed by atoms with Crippen LogP contribution in [0.25, 0.3) is 5.82 Å². The molecule has 0 bridgehead atoms. The highest BCUT2D eigenvalue weighted by Gasteiger charge is 2.24. The first-order valence-corrected chi connectivity index (χ1v) is 5.06. The number of nitro groups is 1. The number of halogens is 1. The van der Waals surface area contributed by atoms with Crippen LogP contribution in [0, 0.1) is 24.0 Å². The van der Waals surface area contributed by atoms with Gasteiger partial charge in [0, 0.05) is 5.69 Å². The zero-order valence-corrected chi connectivity index (χ0v) is 9.84. The van der Waals surface area contributed by atoms with Gasteiger partial charge in [-0.25, -0.2) is 15.0 Å². The van der Waals surface area contributed by atoms with Crippen LogP contribution in [0.3, 0.4) is 0 Å². The standard InChI is InChI=1S/C9H8ClN5O2/c1-5-6(2)14(4-13-5)9-7(15(16)17)8(10)11-3-12-9/h3-4H,1-2H3. The zero-order chi connectivity index (χ0) is 12.6. The summed E-state index contributed by atoms with van der Waals surface area (Å²) in [5.74, 6) is 0.119. The molecule has 2 aromatic heterocycles. The van der Waals surface area contributed by atoms with Crippen molar-refractivity contribution >= 4 is 17.3 Å². The normalized spacial score (nSPS) is 10.5. The summed E-state index contributed by atoms with van der Waals surface area (Å²) in [5.41, 5.74) is 1.21. The number of nitrogens with zero attached hydrogens (tertiary/aromatic N) is 5. The molecule has 7 nitrogen and oxygen atoms in total. The van der Waals surface area contributed by atoms with Crippen molar-refractivity contribution < 1.29 is 4.92 Å². The van der Waals surface area contributed by atoms with Gasteiger partial charge in [0.05, 0.1) is 10.6 Å². The molecule has 0 unspecified atom stereocenters. The molecule has 0 spiro atoms. The van der Waals surface area contributed by atoms with E-state index in [9.17, 15) is 10.1 Å². The Kier molecular flexibility index (Phi) is 2.76. The number of rotatable bonds is 2. The molecule has 0 aliphatic rings. The van der Waals surface area contributed by atoms with Crippen molar-refractivity contribution in [3.05, 3.63) is 39.3 Å². The van der Waals surface area contributed by atoms with Crippen LogP contribution in [0.2, 0.25) is 5.15 Å². The number of imidazole rings is 1. The predicted molar refractivity (Wildman–Crippen MR) is 60.3 cm³/mol. The SMILES string of the molecule is Cc1ncn(-c2ncnc(Cl)c2[N+](=O)[O-])c1C. The summed E-state index contributed by atoms with van der Waals surface area (Å²) in [6.45, 7) is 3.60. The molecule has 17 heavy (non-hydrogen) atoms. The number of aryl methyl sites for hydroxylation is 1. The fraction of sp³-hybridized carbons (Fsp3) is 0.222. The van der Waals surface area contributed by atoms with E-state index >= 15 is 0 Å². The van der Waals surface area contributed by atoms with E-state index in [0.717, 1.165) is 11.4 Å². The zero-order valence-electron chi connectivity index (χ0n) is 9.09. The maximum atomic E-state index is 10.9. The lowest BCUT2D eigenvalue weighted by Gasteiger charge is -2.05. The summed E-state index contributed by atoms with van der Waals surface area (Å²) < 4.78 is 1.51. The molecule has 2 rings (SSSR count). The highest BCUT2D eigenvalue weighted by molar-refractivity contribution is 6.31. The second-order valence-electron chi connectivity index (χ2n) is 3.38. The molecule has 0 aliphatic heterocycles. The average Bonchev–Trinajstić information content (AvgIpc) is 2.59. The van der Waals surface area contributed by atoms with E-state index in [1.807, 2.05) is 0 Å². The molecule has 2 heterocycles. The minimum Gasteiger partial charge on any atom is -0.282 e. The minimum atomic E-state index is -0.605. The van der Waals surface area contributed by atoms with Crippen LogP contribution in [0.15, 0.2) is 12.7 Å². The topological polar surface area (TPSA) is 86.7 Å². The molecular weight excluding hydrogens is 246 g/mol. The molecule has 0 N–H and O–H groups in total. The molecule has 2 aromatic rings. The Morgan fingerprint density at radius 2 is 2.06 bits per heavy atom. The molecule has 0 aromatic carbocycles. The van der Waals surface area contributed by atoms with Crippen LogP contribution in [-0.2, 0) is 0 Å². The summed E-state index contributed by atoms with van der Waals surface area (Å²) in [6.07, 6.45) is 2.65. The van der Waals surface area contributed by atoms with Gasteiger partial charge in [0.2, 0.25) is 11.0 Å². The first-order chi connectivity index (χ1) is 8.02. The molecular formula is C9H8ClN5O2. The Bertz CT molecular complexity index is 595. The van der Waals surface area contributed by atoms with Gasteiger partial charge in [-0.1, -0.05) is 11.6 Å². The van der Waals surface area contributed by atoms with Crippen molar-refractivity contribution in [2.24, 2.45) is 0 Å². The Hall–Kier alpha value is -2.02. The Labute approximate surface area is 101 Å². The van der Waals surface area contributed by atoms with Gasteiger partial charge in [-0.15, -0.1) is 0 Å². The van der Waals surface area contributed by atoms with Crippen LogP contribution in [0.4, 0.5) is 5.69 Å². The largest absolute Gasteiger partial charge is 0.349 e. The maximum Gasteiger partial charge on any atom is 0.349 e. The van der Waals surface area contributed by atoms with E-state index in [0.29, 0.717) is 0 Å². The third-order valence-electron chi connectivity index (χ3n) is 2.42. The van der Waals surface area contributed by atoms with Gasteiger partial charge in [-0.05, 0) is 13.8 Å². The van der Waals surface area contributed by atoms with Crippen molar-refractivity contribution in [1.82, 2.24) is 19.5 Å². The van der Waals surface area contributed by atoms with Gasteiger partial charge < -0.3 is 0 Å².